The number of carbonyl (C=O) groups is 2. The highest BCUT2D eigenvalue weighted by molar-refractivity contribution is 5.87. The molecule has 0 fully saturated rings. The maximum Gasteiger partial charge on any atom is 0.305 e. The molecule has 0 rings (SSSR count). The molecule has 1 amide bonds. The molecular formula is C12H23NO4. The minimum absolute atomic E-state index is 0.0738. The van der Waals surface area contributed by atoms with Crippen LogP contribution in [0.2, 0.25) is 0 Å². The summed E-state index contributed by atoms with van der Waals surface area (Å²) in [4.78, 5) is 20.5. The Hall–Kier alpha value is -1.36. The molecule has 5 nitrogen and oxygen atoms in total. The first-order chi connectivity index (χ1) is 7.66. The zero-order chi connectivity index (χ0) is 14.1. The van der Waals surface area contributed by atoms with Crippen LogP contribution >= 0.6 is 0 Å². The van der Waals surface area contributed by atoms with Crippen molar-refractivity contribution in [2.45, 2.75) is 39.7 Å². The molecule has 0 saturated heterocycles. The van der Waals surface area contributed by atoms with Gasteiger partial charge in [0.1, 0.15) is 0 Å². The molecule has 0 aliphatic carbocycles. The number of carboxylic acids is 1. The van der Waals surface area contributed by atoms with Crippen LogP contribution in [0.3, 0.4) is 0 Å². The van der Waals surface area contributed by atoms with Crippen molar-refractivity contribution in [1.82, 2.24) is 5.32 Å². The molecule has 0 aromatic rings. The van der Waals surface area contributed by atoms with E-state index in [2.05, 4.69) is 11.9 Å². The average Bonchev–Trinajstić information content (AvgIpc) is 2.17. The number of aliphatic hydroxyl groups is 1. The SMILES string of the molecule is C=CC(=O)NC(C)(C)CCO.CC(C)C(=O)O. The molecule has 0 heterocycles. The lowest BCUT2D eigenvalue weighted by atomic mass is 10.0. The van der Waals surface area contributed by atoms with E-state index in [0.717, 1.165) is 0 Å². The van der Waals surface area contributed by atoms with Crippen LogP contribution in [0.1, 0.15) is 34.1 Å². The first-order valence-corrected chi connectivity index (χ1v) is 5.44. The third kappa shape index (κ3) is 12.6. The monoisotopic (exact) mass is 245 g/mol. The van der Waals surface area contributed by atoms with Crippen LogP contribution in [-0.2, 0) is 9.59 Å². The lowest BCUT2D eigenvalue weighted by molar-refractivity contribution is -0.140. The molecule has 3 N–H and O–H groups in total. The standard InChI is InChI=1S/C8H15NO2.C4H8O2/c1-4-7(11)9-8(2,3)5-6-10;1-3(2)4(5)6/h4,10H,1,5-6H2,2-3H3,(H,9,11);3H,1-2H3,(H,5,6). The quantitative estimate of drug-likeness (QED) is 0.635. The highest BCUT2D eigenvalue weighted by Crippen LogP contribution is 2.06. The van der Waals surface area contributed by atoms with Gasteiger partial charge < -0.3 is 15.5 Å². The lowest BCUT2D eigenvalue weighted by Gasteiger charge is -2.24. The van der Waals surface area contributed by atoms with Gasteiger partial charge in [-0.25, -0.2) is 0 Å². The fourth-order valence-corrected chi connectivity index (χ4v) is 0.727. The first-order valence-electron chi connectivity index (χ1n) is 5.44. The topological polar surface area (TPSA) is 86.6 Å². The molecule has 0 aliphatic rings. The first kappa shape index (κ1) is 18.0. The van der Waals surface area contributed by atoms with Gasteiger partial charge in [0, 0.05) is 12.1 Å². The van der Waals surface area contributed by atoms with Gasteiger partial charge in [-0.2, -0.15) is 0 Å². The van der Waals surface area contributed by atoms with Crippen LogP contribution < -0.4 is 5.32 Å². The van der Waals surface area contributed by atoms with Gasteiger partial charge in [-0.05, 0) is 26.3 Å². The fourth-order valence-electron chi connectivity index (χ4n) is 0.727. The molecular weight excluding hydrogens is 222 g/mol. The minimum atomic E-state index is -0.741. The molecule has 0 bridgehead atoms. The molecule has 0 aromatic carbocycles. The van der Waals surface area contributed by atoms with Gasteiger partial charge in [-0.1, -0.05) is 20.4 Å². The van der Waals surface area contributed by atoms with E-state index in [9.17, 15) is 9.59 Å². The zero-order valence-corrected chi connectivity index (χ0v) is 11.0. The number of amides is 1. The maximum atomic E-state index is 10.8. The third-order valence-electron chi connectivity index (χ3n) is 1.88. The average molecular weight is 245 g/mol. The van der Waals surface area contributed by atoms with E-state index in [4.69, 9.17) is 10.2 Å². The number of nitrogens with one attached hydrogen (secondary N) is 1. The van der Waals surface area contributed by atoms with Crippen LogP contribution in [0.25, 0.3) is 0 Å². The predicted molar refractivity (Wildman–Crippen MR) is 66.6 cm³/mol. The number of carbonyl (C=O) groups excluding carboxylic acids is 1. The summed E-state index contributed by atoms with van der Waals surface area (Å²) in [6, 6.07) is 0. The van der Waals surface area contributed by atoms with Crippen LogP contribution in [0.4, 0.5) is 0 Å². The van der Waals surface area contributed by atoms with Crippen molar-refractivity contribution < 1.29 is 19.8 Å². The largest absolute Gasteiger partial charge is 0.481 e. The zero-order valence-electron chi connectivity index (χ0n) is 11.0. The minimum Gasteiger partial charge on any atom is -0.481 e. The van der Waals surface area contributed by atoms with Crippen LogP contribution in [0, 0.1) is 5.92 Å². The molecule has 5 heteroatoms. The smallest absolute Gasteiger partial charge is 0.305 e. The summed E-state index contributed by atoms with van der Waals surface area (Å²) < 4.78 is 0. The van der Waals surface area contributed by atoms with Gasteiger partial charge >= 0.3 is 5.97 Å². The van der Waals surface area contributed by atoms with Crippen LogP contribution in [0.5, 0.6) is 0 Å². The summed E-state index contributed by atoms with van der Waals surface area (Å²) in [6.07, 6.45) is 1.77. The Labute approximate surface area is 103 Å². The molecule has 0 spiro atoms. The van der Waals surface area contributed by atoms with Crippen molar-refractivity contribution in [2.75, 3.05) is 6.61 Å². The number of hydrogen-bond donors (Lipinski definition) is 3. The Morgan fingerprint density at radius 2 is 1.82 bits per heavy atom. The number of aliphatic carboxylic acids is 1. The number of aliphatic hydroxyl groups excluding tert-OH is 1. The Morgan fingerprint density at radius 1 is 1.41 bits per heavy atom. The van der Waals surface area contributed by atoms with Crippen molar-refractivity contribution in [2.24, 2.45) is 5.92 Å². The Balaban J connectivity index is 0. The summed E-state index contributed by atoms with van der Waals surface area (Å²) in [5.41, 5.74) is -0.347. The number of carboxylic acid groups (broad SMARTS) is 1. The van der Waals surface area contributed by atoms with Gasteiger partial charge in [0.25, 0.3) is 0 Å². The molecule has 0 radical (unpaired) electrons. The Bertz CT molecular complexity index is 259. The van der Waals surface area contributed by atoms with Crippen molar-refractivity contribution in [1.29, 1.82) is 0 Å². The van der Waals surface area contributed by atoms with Gasteiger partial charge in [0.05, 0.1) is 5.92 Å². The van der Waals surface area contributed by atoms with E-state index < -0.39 is 5.97 Å². The maximum absolute atomic E-state index is 10.8. The predicted octanol–water partition coefficient (Wildman–Crippen LogP) is 1.18. The second kappa shape index (κ2) is 8.75. The van der Waals surface area contributed by atoms with Crippen molar-refractivity contribution in [3.05, 3.63) is 12.7 Å². The second-order valence-electron chi connectivity index (χ2n) is 4.54. The van der Waals surface area contributed by atoms with E-state index in [-0.39, 0.29) is 24.0 Å². The van der Waals surface area contributed by atoms with Gasteiger partial charge in [-0.15, -0.1) is 0 Å². The van der Waals surface area contributed by atoms with Gasteiger partial charge in [-0.3, -0.25) is 9.59 Å². The number of hydrogen-bond acceptors (Lipinski definition) is 3. The Morgan fingerprint density at radius 3 is 2.06 bits per heavy atom. The molecule has 0 unspecified atom stereocenters. The van der Waals surface area contributed by atoms with Gasteiger partial charge in [0.2, 0.25) is 5.91 Å². The highest BCUT2D eigenvalue weighted by Gasteiger charge is 2.17. The summed E-state index contributed by atoms with van der Waals surface area (Å²) in [5, 5.41) is 19.3. The molecule has 0 aromatic heterocycles. The van der Waals surface area contributed by atoms with Crippen molar-refractivity contribution >= 4 is 11.9 Å². The molecule has 0 atom stereocenters. The Kier molecular flexibility index (Phi) is 9.28. The fraction of sp³-hybridized carbons (Fsp3) is 0.667. The molecule has 0 aliphatic heterocycles. The van der Waals surface area contributed by atoms with Crippen LogP contribution in [0.15, 0.2) is 12.7 Å². The van der Waals surface area contributed by atoms with E-state index in [1.165, 1.54) is 6.08 Å². The second-order valence-corrected chi connectivity index (χ2v) is 4.54. The molecule has 17 heavy (non-hydrogen) atoms. The van der Waals surface area contributed by atoms with Crippen molar-refractivity contribution in [3.8, 4) is 0 Å². The van der Waals surface area contributed by atoms with E-state index in [0.29, 0.717) is 6.42 Å². The van der Waals surface area contributed by atoms with Crippen molar-refractivity contribution in [3.63, 3.8) is 0 Å². The lowest BCUT2D eigenvalue weighted by Crippen LogP contribution is -2.43. The van der Waals surface area contributed by atoms with E-state index >= 15 is 0 Å². The highest BCUT2D eigenvalue weighted by atomic mass is 16.4. The molecule has 100 valence electrons. The van der Waals surface area contributed by atoms with Gasteiger partial charge in [0.15, 0.2) is 0 Å². The normalized spacial score (nSPS) is 10.2. The van der Waals surface area contributed by atoms with Crippen LogP contribution in [-0.4, -0.2) is 34.2 Å². The summed E-state index contributed by atoms with van der Waals surface area (Å²) in [5.74, 6) is -1.18. The van der Waals surface area contributed by atoms with E-state index in [1.807, 2.05) is 13.8 Å². The van der Waals surface area contributed by atoms with E-state index in [1.54, 1.807) is 13.8 Å². The summed E-state index contributed by atoms with van der Waals surface area (Å²) >= 11 is 0. The number of rotatable bonds is 5. The summed E-state index contributed by atoms with van der Waals surface area (Å²) in [6.45, 7) is 10.4. The summed E-state index contributed by atoms with van der Waals surface area (Å²) in [7, 11) is 0. The third-order valence-corrected chi connectivity index (χ3v) is 1.88. The molecule has 0 saturated carbocycles.